The molecule has 0 spiro atoms. The summed E-state index contributed by atoms with van der Waals surface area (Å²) in [6.45, 7) is 2.13. The molecule has 0 unspecified atom stereocenters. The average molecular weight is 415 g/mol. The maximum atomic E-state index is 13.1. The Morgan fingerprint density at radius 3 is 2.71 bits per heavy atom. The van der Waals surface area contributed by atoms with Crippen molar-refractivity contribution in [2.45, 2.75) is 19.5 Å². The minimum atomic E-state index is -0.233. The van der Waals surface area contributed by atoms with Crippen molar-refractivity contribution in [1.82, 2.24) is 5.32 Å². The lowest BCUT2D eigenvalue weighted by atomic mass is 10.1. The van der Waals surface area contributed by atoms with Crippen LogP contribution in [0.4, 0.5) is 4.39 Å². The van der Waals surface area contributed by atoms with Crippen molar-refractivity contribution in [3.8, 4) is 5.75 Å². The molecule has 0 bridgehead atoms. The SMILES string of the molecule is Fc1ccc(CNCc2cc(Br)cc3c2OCC3)c(Br)c1. The number of ether oxygens (including phenoxy) is 1. The number of benzene rings is 2. The smallest absolute Gasteiger partial charge is 0.127 e. The van der Waals surface area contributed by atoms with E-state index in [1.54, 1.807) is 6.07 Å². The second-order valence-electron chi connectivity index (χ2n) is 4.99. The lowest BCUT2D eigenvalue weighted by molar-refractivity contribution is 0.352. The molecule has 2 nitrogen and oxygen atoms in total. The van der Waals surface area contributed by atoms with Crippen molar-refractivity contribution < 1.29 is 9.13 Å². The molecular weight excluding hydrogens is 401 g/mol. The molecule has 0 saturated carbocycles. The lowest BCUT2D eigenvalue weighted by Gasteiger charge is -2.11. The number of hydrogen-bond acceptors (Lipinski definition) is 2. The van der Waals surface area contributed by atoms with E-state index in [0.29, 0.717) is 13.1 Å². The van der Waals surface area contributed by atoms with Crippen LogP contribution in [0.15, 0.2) is 39.3 Å². The van der Waals surface area contributed by atoms with Crippen LogP contribution in [0.2, 0.25) is 0 Å². The molecule has 0 amide bonds. The molecule has 0 aliphatic carbocycles. The number of rotatable bonds is 4. The number of nitrogens with one attached hydrogen (secondary N) is 1. The van der Waals surface area contributed by atoms with E-state index in [1.165, 1.54) is 17.7 Å². The van der Waals surface area contributed by atoms with Crippen molar-refractivity contribution in [1.29, 1.82) is 0 Å². The van der Waals surface area contributed by atoms with Gasteiger partial charge in [-0.05, 0) is 35.4 Å². The van der Waals surface area contributed by atoms with Crippen LogP contribution >= 0.6 is 31.9 Å². The largest absolute Gasteiger partial charge is 0.493 e. The quantitative estimate of drug-likeness (QED) is 0.790. The molecule has 1 heterocycles. The molecule has 1 aliphatic heterocycles. The predicted octanol–water partition coefficient (Wildman–Crippen LogP) is 4.58. The molecule has 21 heavy (non-hydrogen) atoms. The molecule has 0 aromatic heterocycles. The molecule has 5 heteroatoms. The van der Waals surface area contributed by atoms with Crippen molar-refractivity contribution in [2.24, 2.45) is 0 Å². The second-order valence-corrected chi connectivity index (χ2v) is 6.76. The Morgan fingerprint density at radius 1 is 1.10 bits per heavy atom. The van der Waals surface area contributed by atoms with Gasteiger partial charge in [0.25, 0.3) is 0 Å². The van der Waals surface area contributed by atoms with Gasteiger partial charge in [-0.1, -0.05) is 37.9 Å². The van der Waals surface area contributed by atoms with Gasteiger partial charge in [-0.3, -0.25) is 0 Å². The fourth-order valence-corrected chi connectivity index (χ4v) is 3.52. The topological polar surface area (TPSA) is 21.3 Å². The van der Waals surface area contributed by atoms with Crippen molar-refractivity contribution in [3.05, 3.63) is 61.8 Å². The molecule has 0 saturated heterocycles. The molecule has 0 fully saturated rings. The Morgan fingerprint density at radius 2 is 1.90 bits per heavy atom. The average Bonchev–Trinajstić information content (AvgIpc) is 2.89. The van der Waals surface area contributed by atoms with Gasteiger partial charge < -0.3 is 10.1 Å². The van der Waals surface area contributed by atoms with E-state index in [2.05, 4.69) is 49.3 Å². The predicted molar refractivity (Wildman–Crippen MR) is 88.0 cm³/mol. The van der Waals surface area contributed by atoms with Gasteiger partial charge >= 0.3 is 0 Å². The van der Waals surface area contributed by atoms with Crippen LogP contribution in [0.5, 0.6) is 5.75 Å². The first kappa shape index (κ1) is 15.0. The highest BCUT2D eigenvalue weighted by molar-refractivity contribution is 9.10. The zero-order valence-electron chi connectivity index (χ0n) is 11.3. The third-order valence-corrected chi connectivity index (χ3v) is 4.67. The molecule has 0 radical (unpaired) electrons. The van der Waals surface area contributed by atoms with Crippen LogP contribution in [-0.2, 0) is 19.5 Å². The molecule has 0 atom stereocenters. The summed E-state index contributed by atoms with van der Waals surface area (Å²) >= 11 is 6.92. The molecular formula is C16H14Br2FNO. The van der Waals surface area contributed by atoms with Gasteiger partial charge in [-0.2, -0.15) is 0 Å². The lowest BCUT2D eigenvalue weighted by Crippen LogP contribution is -2.13. The van der Waals surface area contributed by atoms with Gasteiger partial charge in [0.2, 0.25) is 0 Å². The van der Waals surface area contributed by atoms with Gasteiger partial charge in [0.15, 0.2) is 0 Å². The highest BCUT2D eigenvalue weighted by Crippen LogP contribution is 2.33. The highest BCUT2D eigenvalue weighted by atomic mass is 79.9. The Bertz CT molecular complexity index is 676. The van der Waals surface area contributed by atoms with Crippen LogP contribution in [-0.4, -0.2) is 6.61 Å². The molecule has 2 aromatic rings. The van der Waals surface area contributed by atoms with Gasteiger partial charge in [0.05, 0.1) is 6.61 Å². The Balaban J connectivity index is 1.68. The fraction of sp³-hybridized carbons (Fsp3) is 0.250. The maximum absolute atomic E-state index is 13.1. The first-order valence-corrected chi connectivity index (χ1v) is 8.31. The molecule has 3 rings (SSSR count). The number of hydrogen-bond donors (Lipinski definition) is 1. The van der Waals surface area contributed by atoms with Gasteiger partial charge in [0.1, 0.15) is 11.6 Å². The zero-order valence-corrected chi connectivity index (χ0v) is 14.4. The fourth-order valence-electron chi connectivity index (χ4n) is 2.47. The van der Waals surface area contributed by atoms with Crippen molar-refractivity contribution >= 4 is 31.9 Å². The van der Waals surface area contributed by atoms with Crippen LogP contribution in [0, 0.1) is 5.82 Å². The monoisotopic (exact) mass is 413 g/mol. The summed E-state index contributed by atoms with van der Waals surface area (Å²) in [5, 5.41) is 3.38. The summed E-state index contributed by atoms with van der Waals surface area (Å²) in [6, 6.07) is 8.94. The van der Waals surface area contributed by atoms with E-state index < -0.39 is 0 Å². The van der Waals surface area contributed by atoms with Crippen LogP contribution in [0.3, 0.4) is 0 Å². The summed E-state index contributed by atoms with van der Waals surface area (Å²) in [5.74, 6) is 0.771. The number of fused-ring (bicyclic) bond motifs is 1. The summed E-state index contributed by atoms with van der Waals surface area (Å²) in [7, 11) is 0. The maximum Gasteiger partial charge on any atom is 0.127 e. The Kier molecular flexibility index (Phi) is 4.62. The summed E-state index contributed by atoms with van der Waals surface area (Å²) < 4.78 is 20.6. The third-order valence-electron chi connectivity index (χ3n) is 3.47. The first-order chi connectivity index (χ1) is 10.1. The molecule has 1 N–H and O–H groups in total. The Labute approximate surface area is 140 Å². The highest BCUT2D eigenvalue weighted by Gasteiger charge is 2.17. The zero-order chi connectivity index (χ0) is 14.8. The number of halogens is 3. The molecule has 1 aliphatic rings. The van der Waals surface area contributed by atoms with E-state index >= 15 is 0 Å². The van der Waals surface area contributed by atoms with Crippen LogP contribution in [0.25, 0.3) is 0 Å². The van der Waals surface area contributed by atoms with Gasteiger partial charge in [-0.25, -0.2) is 4.39 Å². The van der Waals surface area contributed by atoms with E-state index in [0.717, 1.165) is 38.8 Å². The summed E-state index contributed by atoms with van der Waals surface area (Å²) in [4.78, 5) is 0. The van der Waals surface area contributed by atoms with Crippen LogP contribution < -0.4 is 10.1 Å². The molecule has 110 valence electrons. The third kappa shape index (κ3) is 3.47. The van der Waals surface area contributed by atoms with Crippen molar-refractivity contribution in [3.63, 3.8) is 0 Å². The standard InChI is InChI=1S/C16H14Br2FNO/c17-13-5-10-3-4-21-16(10)12(6-13)9-20-8-11-1-2-14(19)7-15(11)18/h1-2,5-7,20H,3-4,8-9H2. The van der Waals surface area contributed by atoms with Gasteiger partial charge in [0, 0.05) is 34.0 Å². The summed E-state index contributed by atoms with van der Waals surface area (Å²) in [6.07, 6.45) is 0.964. The van der Waals surface area contributed by atoms with E-state index in [9.17, 15) is 4.39 Å². The normalized spacial score (nSPS) is 13.1. The first-order valence-electron chi connectivity index (χ1n) is 6.72. The van der Waals surface area contributed by atoms with E-state index in [1.807, 2.05) is 0 Å². The second kappa shape index (κ2) is 6.46. The van der Waals surface area contributed by atoms with Crippen molar-refractivity contribution in [2.75, 3.05) is 6.61 Å². The van der Waals surface area contributed by atoms with E-state index in [4.69, 9.17) is 4.74 Å². The summed E-state index contributed by atoms with van der Waals surface area (Å²) in [5.41, 5.74) is 3.43. The van der Waals surface area contributed by atoms with E-state index in [-0.39, 0.29) is 5.82 Å². The van der Waals surface area contributed by atoms with Gasteiger partial charge in [-0.15, -0.1) is 0 Å². The minimum absolute atomic E-state index is 0.233. The van der Waals surface area contributed by atoms with Crippen LogP contribution in [0.1, 0.15) is 16.7 Å². The Hall–Kier alpha value is -0.910. The molecule has 2 aromatic carbocycles. The minimum Gasteiger partial charge on any atom is -0.493 e.